The topological polar surface area (TPSA) is 9.23 Å². The Hall–Kier alpha value is 1.31. The zero-order valence-electron chi connectivity index (χ0n) is 4.23. The standard InChI is InChI=1S/C3H8OS.Na/c1-4-2-3-5;/h5H,2-3H2,1H3;/q;+1/p-1. The SMILES string of the molecule is COCC[S-].[Na+]. The van der Waals surface area contributed by atoms with E-state index in [1.165, 1.54) is 0 Å². The zero-order valence-corrected chi connectivity index (χ0v) is 7.05. The summed E-state index contributed by atoms with van der Waals surface area (Å²) in [6.45, 7) is 0.704. The molecule has 0 saturated heterocycles. The molecule has 0 aromatic heterocycles. The van der Waals surface area contributed by atoms with E-state index in [2.05, 4.69) is 17.4 Å². The van der Waals surface area contributed by atoms with Crippen LogP contribution in [0.5, 0.6) is 0 Å². The van der Waals surface area contributed by atoms with Crippen molar-refractivity contribution in [2.75, 3.05) is 19.5 Å². The molecule has 0 N–H and O–H groups in total. The van der Waals surface area contributed by atoms with Crippen molar-refractivity contribution in [3.63, 3.8) is 0 Å². The van der Waals surface area contributed by atoms with Crippen molar-refractivity contribution in [1.29, 1.82) is 0 Å². The molecule has 1 nitrogen and oxygen atoms in total. The molecule has 6 heavy (non-hydrogen) atoms. The summed E-state index contributed by atoms with van der Waals surface area (Å²) in [5, 5.41) is 0. The third-order valence-electron chi connectivity index (χ3n) is 0.287. The van der Waals surface area contributed by atoms with Crippen LogP contribution < -0.4 is 29.6 Å². The summed E-state index contributed by atoms with van der Waals surface area (Å²) in [5.74, 6) is 0.705. The summed E-state index contributed by atoms with van der Waals surface area (Å²) < 4.78 is 4.59. The van der Waals surface area contributed by atoms with Gasteiger partial charge in [0.05, 0.1) is 0 Å². The molecule has 0 rings (SSSR count). The smallest absolute Gasteiger partial charge is 0.790 e. The summed E-state index contributed by atoms with van der Waals surface area (Å²) in [7, 11) is 1.65. The average molecular weight is 114 g/mol. The number of rotatable bonds is 2. The minimum Gasteiger partial charge on any atom is -0.790 e. The van der Waals surface area contributed by atoms with Gasteiger partial charge in [0.25, 0.3) is 0 Å². The molecule has 0 radical (unpaired) electrons. The molecule has 0 aliphatic rings. The van der Waals surface area contributed by atoms with Crippen LogP contribution in [0, 0.1) is 0 Å². The molecule has 0 aromatic carbocycles. The fraction of sp³-hybridized carbons (Fsp3) is 1.00. The van der Waals surface area contributed by atoms with E-state index < -0.39 is 0 Å². The van der Waals surface area contributed by atoms with E-state index in [-0.39, 0.29) is 29.6 Å². The van der Waals surface area contributed by atoms with Crippen molar-refractivity contribution in [3.05, 3.63) is 0 Å². The normalized spacial score (nSPS) is 7.00. The molecule has 0 heterocycles. The van der Waals surface area contributed by atoms with Gasteiger partial charge in [-0.25, -0.2) is 0 Å². The average Bonchev–Trinajstić information content (AvgIpc) is 1.41. The van der Waals surface area contributed by atoms with Gasteiger partial charge in [0.15, 0.2) is 0 Å². The van der Waals surface area contributed by atoms with Gasteiger partial charge < -0.3 is 17.4 Å². The van der Waals surface area contributed by atoms with Crippen LogP contribution in [0.15, 0.2) is 0 Å². The Bertz CT molecular complexity index is 18.3. The second kappa shape index (κ2) is 9.58. The van der Waals surface area contributed by atoms with Gasteiger partial charge in [0, 0.05) is 13.7 Å². The minimum absolute atomic E-state index is 0. The molecule has 0 aliphatic carbocycles. The van der Waals surface area contributed by atoms with Gasteiger partial charge in [0.2, 0.25) is 0 Å². The summed E-state index contributed by atoms with van der Waals surface area (Å²) in [6.07, 6.45) is 0. The van der Waals surface area contributed by atoms with Crippen molar-refractivity contribution in [2.45, 2.75) is 0 Å². The van der Waals surface area contributed by atoms with E-state index in [0.29, 0.717) is 12.4 Å². The molecule has 0 atom stereocenters. The maximum absolute atomic E-state index is 4.59. The van der Waals surface area contributed by atoms with Crippen LogP contribution in [-0.2, 0) is 17.4 Å². The third kappa shape index (κ3) is 9.00. The van der Waals surface area contributed by atoms with Crippen LogP contribution in [0.4, 0.5) is 0 Å². The molecule has 0 bridgehead atoms. The maximum atomic E-state index is 4.59. The van der Waals surface area contributed by atoms with Crippen LogP contribution in [-0.4, -0.2) is 19.5 Å². The Labute approximate surface area is 66.2 Å². The fourth-order valence-corrected chi connectivity index (χ4v) is 0.250. The molecule has 0 fully saturated rings. The number of ether oxygens (including phenoxy) is 1. The minimum atomic E-state index is 0. The Morgan fingerprint density at radius 3 is 2.17 bits per heavy atom. The van der Waals surface area contributed by atoms with E-state index in [9.17, 15) is 0 Å². The molecule has 0 unspecified atom stereocenters. The Kier molecular flexibility index (Phi) is 16.5. The first-order valence-electron chi connectivity index (χ1n) is 1.49. The van der Waals surface area contributed by atoms with Crippen LogP contribution >= 0.6 is 0 Å². The maximum Gasteiger partial charge on any atom is 1.00 e. The molecule has 0 saturated carbocycles. The van der Waals surface area contributed by atoms with Crippen molar-refractivity contribution in [1.82, 2.24) is 0 Å². The second-order valence-corrected chi connectivity index (χ2v) is 1.11. The summed E-state index contributed by atoms with van der Waals surface area (Å²) in [5.41, 5.74) is 0. The van der Waals surface area contributed by atoms with E-state index in [1.54, 1.807) is 7.11 Å². The summed E-state index contributed by atoms with van der Waals surface area (Å²) >= 11 is 4.53. The molecular weight excluding hydrogens is 107 g/mol. The van der Waals surface area contributed by atoms with Crippen molar-refractivity contribution in [2.24, 2.45) is 0 Å². The number of methoxy groups -OCH3 is 1. The van der Waals surface area contributed by atoms with Crippen molar-refractivity contribution in [3.8, 4) is 0 Å². The fourth-order valence-electron chi connectivity index (χ4n) is 0.0833. The van der Waals surface area contributed by atoms with Gasteiger partial charge in [-0.2, -0.15) is 5.75 Å². The number of hydrogen-bond acceptors (Lipinski definition) is 2. The number of hydrogen-bond donors (Lipinski definition) is 0. The van der Waals surface area contributed by atoms with Gasteiger partial charge in [-0.3, -0.25) is 0 Å². The Morgan fingerprint density at radius 1 is 1.67 bits per heavy atom. The molecule has 0 aliphatic heterocycles. The predicted molar refractivity (Wildman–Crippen MR) is 24.1 cm³/mol. The van der Waals surface area contributed by atoms with Gasteiger partial charge in [0.1, 0.15) is 0 Å². The second-order valence-electron chi connectivity index (χ2n) is 0.697. The molecule has 0 spiro atoms. The zero-order chi connectivity index (χ0) is 4.12. The van der Waals surface area contributed by atoms with Gasteiger partial charge in [-0.1, -0.05) is 0 Å². The monoisotopic (exact) mass is 114 g/mol. The molecule has 0 amide bonds. The molecule has 32 valence electrons. The first kappa shape index (κ1) is 10.3. The Morgan fingerprint density at radius 2 is 2.17 bits per heavy atom. The van der Waals surface area contributed by atoms with Crippen LogP contribution in [0.25, 0.3) is 0 Å². The van der Waals surface area contributed by atoms with Crippen molar-refractivity contribution >= 4 is 12.6 Å². The van der Waals surface area contributed by atoms with E-state index in [4.69, 9.17) is 0 Å². The van der Waals surface area contributed by atoms with E-state index >= 15 is 0 Å². The first-order chi connectivity index (χ1) is 2.41. The first-order valence-corrected chi connectivity index (χ1v) is 2.06. The van der Waals surface area contributed by atoms with Crippen LogP contribution in [0.2, 0.25) is 0 Å². The van der Waals surface area contributed by atoms with Gasteiger partial charge in [-0.05, 0) is 0 Å². The molecule has 0 aromatic rings. The quantitative estimate of drug-likeness (QED) is 0.283. The van der Waals surface area contributed by atoms with Crippen molar-refractivity contribution < 1.29 is 34.3 Å². The summed E-state index contributed by atoms with van der Waals surface area (Å²) in [6, 6.07) is 0. The Balaban J connectivity index is 0. The van der Waals surface area contributed by atoms with Crippen LogP contribution in [0.1, 0.15) is 0 Å². The predicted octanol–water partition coefficient (Wildman–Crippen LogP) is -2.82. The largest absolute Gasteiger partial charge is 1.00 e. The van der Waals surface area contributed by atoms with Crippen LogP contribution in [0.3, 0.4) is 0 Å². The van der Waals surface area contributed by atoms with E-state index in [0.717, 1.165) is 0 Å². The molecule has 3 heteroatoms. The van der Waals surface area contributed by atoms with Gasteiger partial charge in [-0.15, -0.1) is 0 Å². The third-order valence-corrected chi connectivity index (χ3v) is 0.454. The van der Waals surface area contributed by atoms with Gasteiger partial charge >= 0.3 is 29.6 Å². The van der Waals surface area contributed by atoms with E-state index in [1.807, 2.05) is 0 Å². The molecular formula is C3H7NaOS. The summed E-state index contributed by atoms with van der Waals surface area (Å²) in [4.78, 5) is 0.